The lowest BCUT2D eigenvalue weighted by molar-refractivity contribution is -0.143. The van der Waals surface area contributed by atoms with Gasteiger partial charge in [-0.25, -0.2) is 9.78 Å². The first kappa shape index (κ1) is 36.3. The first-order valence-corrected chi connectivity index (χ1v) is 15.8. The fraction of sp³-hybridized carbons (Fsp3) is 0.600. The number of nitrogens with one attached hydrogen (secondary N) is 1. The van der Waals surface area contributed by atoms with Crippen LogP contribution in [0.15, 0.2) is 34.8 Å². The van der Waals surface area contributed by atoms with Gasteiger partial charge in [0.1, 0.15) is 18.5 Å². The van der Waals surface area contributed by atoms with Gasteiger partial charge in [0.15, 0.2) is 0 Å². The number of rotatable bonds is 4. The van der Waals surface area contributed by atoms with Crippen molar-refractivity contribution < 1.29 is 29.0 Å². The van der Waals surface area contributed by atoms with Gasteiger partial charge >= 0.3 is 6.16 Å². The summed E-state index contributed by atoms with van der Waals surface area (Å²) in [6.45, 7) is 12.3. The average Bonchev–Trinajstić information content (AvgIpc) is 3.30. The minimum absolute atomic E-state index is 0.137. The molecule has 0 saturated heterocycles. The van der Waals surface area contributed by atoms with Crippen LogP contribution in [0.4, 0.5) is 4.79 Å². The summed E-state index contributed by atoms with van der Waals surface area (Å²) in [4.78, 5) is 43.6. The normalized spacial score (nSPS) is 27.5. The van der Waals surface area contributed by atoms with Crippen LogP contribution in [-0.4, -0.2) is 57.1 Å². The van der Waals surface area contributed by atoms with Gasteiger partial charge in [0.05, 0.1) is 34.6 Å². The highest BCUT2D eigenvalue weighted by Crippen LogP contribution is 2.33. The third-order valence-corrected chi connectivity index (χ3v) is 8.49. The number of hydrogen-bond acceptors (Lipinski definition) is 8. The van der Waals surface area contributed by atoms with Crippen LogP contribution in [0.5, 0.6) is 0 Å². The van der Waals surface area contributed by atoms with E-state index >= 15 is 0 Å². The number of carbonyl (C=O) groups is 3. The summed E-state index contributed by atoms with van der Waals surface area (Å²) in [5.41, 5.74) is 1.50. The van der Waals surface area contributed by atoms with Crippen molar-refractivity contribution in [2.75, 3.05) is 13.2 Å². The minimum atomic E-state index is -1.82. The highest BCUT2D eigenvalue weighted by Gasteiger charge is 2.43. The number of aromatic nitrogens is 1. The quantitative estimate of drug-likeness (QED) is 0.263. The molecule has 2 N–H and O–H groups in total. The van der Waals surface area contributed by atoms with E-state index < -0.39 is 40.1 Å². The molecule has 2 rings (SSSR count). The number of thiazole rings is 1. The molecule has 5 atom stereocenters. The Labute approximate surface area is 267 Å². The molecule has 42 heavy (non-hydrogen) atoms. The molecule has 0 aliphatic carbocycles. The zero-order valence-corrected chi connectivity index (χ0v) is 28.2. The Balaban J connectivity index is 2.42. The molecular weight excluding hydrogens is 623 g/mol. The number of ether oxygens (including phenoxy) is 2. The van der Waals surface area contributed by atoms with Crippen LogP contribution in [0.1, 0.15) is 65.1 Å². The molecule has 1 amide bonds. The monoisotopic (exact) mass is 662 g/mol. The van der Waals surface area contributed by atoms with E-state index in [2.05, 4.69) is 16.4 Å². The molecule has 0 radical (unpaired) electrons. The van der Waals surface area contributed by atoms with Crippen molar-refractivity contribution in [1.82, 2.24) is 10.3 Å². The predicted octanol–water partition coefficient (Wildman–Crippen LogP) is 7.00. The Hall–Kier alpha value is -1.91. The van der Waals surface area contributed by atoms with E-state index in [0.29, 0.717) is 13.0 Å². The third-order valence-electron chi connectivity index (χ3n) is 7.37. The number of hydrogen-bond donors (Lipinski definition) is 2. The third kappa shape index (κ3) is 11.3. The van der Waals surface area contributed by atoms with Crippen LogP contribution in [0.3, 0.4) is 0 Å². The van der Waals surface area contributed by atoms with Gasteiger partial charge in [-0.1, -0.05) is 91.9 Å². The maximum Gasteiger partial charge on any atom is 0.508 e. The summed E-state index contributed by atoms with van der Waals surface area (Å²) in [5.74, 6) is -2.04. The molecule has 0 spiro atoms. The average molecular weight is 664 g/mol. The van der Waals surface area contributed by atoms with E-state index in [4.69, 9.17) is 44.3 Å². The molecule has 0 saturated carbocycles. The van der Waals surface area contributed by atoms with Crippen LogP contribution in [-0.2, 0) is 19.1 Å². The van der Waals surface area contributed by atoms with Crippen molar-refractivity contribution in [1.29, 1.82) is 0 Å². The molecule has 0 aromatic carbocycles. The number of allylic oxidation sites excluding steroid dienone is 3. The summed E-state index contributed by atoms with van der Waals surface area (Å²) in [6.07, 6.45) is 4.88. The van der Waals surface area contributed by atoms with Crippen LogP contribution < -0.4 is 5.32 Å². The van der Waals surface area contributed by atoms with E-state index in [0.717, 1.165) is 21.8 Å². The highest BCUT2D eigenvalue weighted by atomic mass is 35.6. The van der Waals surface area contributed by atoms with Crippen molar-refractivity contribution in [2.24, 2.45) is 23.2 Å². The second kappa shape index (κ2) is 15.7. The topological polar surface area (TPSA) is 115 Å². The standard InChI is InChI=1S/C30H41Cl3N2O6S/c1-17-9-8-10-18(2)26(41-28(39)40-16-30(31,32)33)20(4)27(38)29(6,7)24(36)13-25(37)34-14-22(11-17)19(3)12-23-15-42-21(5)35-23/h8-9,11-12,15,18,20,22,24,26,36H,10,13-14,16H2,1-7H3,(H,34,37)/b9-8+,17-11?,19-12?/t18-,20+,22?,24-,26-/m0/s1. The number of aliphatic hydroxyl groups excluding tert-OH is 1. The number of aliphatic hydroxyl groups is 1. The van der Waals surface area contributed by atoms with E-state index in [1.165, 1.54) is 0 Å². The number of alkyl halides is 3. The summed E-state index contributed by atoms with van der Waals surface area (Å²) in [6, 6.07) is 0. The van der Waals surface area contributed by atoms with Gasteiger partial charge in [-0.15, -0.1) is 11.3 Å². The lowest BCUT2D eigenvalue weighted by Crippen LogP contribution is -2.47. The Bertz CT molecular complexity index is 1200. The Morgan fingerprint density at radius 3 is 2.52 bits per heavy atom. The molecule has 0 fully saturated rings. The first-order chi connectivity index (χ1) is 19.4. The lowest BCUT2D eigenvalue weighted by Gasteiger charge is -2.35. The number of halogens is 3. The Kier molecular flexibility index (Phi) is 13.6. The van der Waals surface area contributed by atoms with Crippen LogP contribution in [0, 0.1) is 30.1 Å². The summed E-state index contributed by atoms with van der Waals surface area (Å²) in [5, 5.41) is 16.9. The number of carbonyl (C=O) groups excluding carboxylic acids is 3. The fourth-order valence-electron chi connectivity index (χ4n) is 4.74. The molecule has 234 valence electrons. The predicted molar refractivity (Wildman–Crippen MR) is 169 cm³/mol. The second-order valence-corrected chi connectivity index (χ2v) is 15.0. The van der Waals surface area contributed by atoms with Crippen molar-refractivity contribution in [2.45, 2.75) is 77.3 Å². The zero-order chi connectivity index (χ0) is 31.8. The van der Waals surface area contributed by atoms with E-state index in [1.807, 2.05) is 51.3 Å². The van der Waals surface area contributed by atoms with Gasteiger partial charge in [-0.2, -0.15) is 0 Å². The molecule has 8 nitrogen and oxygen atoms in total. The molecule has 12 heteroatoms. The van der Waals surface area contributed by atoms with Crippen LogP contribution in [0.2, 0.25) is 0 Å². The molecule has 1 aromatic heterocycles. The fourth-order valence-corrected chi connectivity index (χ4v) is 5.47. The number of aryl methyl sites for hydroxylation is 1. The smallest absolute Gasteiger partial charge is 0.430 e. The minimum Gasteiger partial charge on any atom is -0.430 e. The van der Waals surface area contributed by atoms with Crippen LogP contribution in [0.25, 0.3) is 6.08 Å². The van der Waals surface area contributed by atoms with Gasteiger partial charge in [0.25, 0.3) is 0 Å². The molecular formula is C30H41Cl3N2O6S. The molecule has 2 heterocycles. The summed E-state index contributed by atoms with van der Waals surface area (Å²) in [7, 11) is 0. The van der Waals surface area contributed by atoms with E-state index in [1.54, 1.807) is 32.1 Å². The number of nitrogens with zero attached hydrogens (tertiary/aromatic N) is 1. The van der Waals surface area contributed by atoms with Crippen molar-refractivity contribution >= 4 is 70.1 Å². The molecule has 1 aliphatic heterocycles. The van der Waals surface area contributed by atoms with Gasteiger partial charge in [0.2, 0.25) is 9.70 Å². The van der Waals surface area contributed by atoms with Crippen molar-refractivity contribution in [3.05, 3.63) is 45.5 Å². The number of ketones is 1. The Morgan fingerprint density at radius 2 is 1.93 bits per heavy atom. The van der Waals surface area contributed by atoms with Gasteiger partial charge < -0.3 is 19.9 Å². The first-order valence-electron chi connectivity index (χ1n) is 13.7. The highest BCUT2D eigenvalue weighted by molar-refractivity contribution is 7.09. The lowest BCUT2D eigenvalue weighted by atomic mass is 9.73. The molecule has 1 unspecified atom stereocenters. The van der Waals surface area contributed by atoms with Gasteiger partial charge in [0, 0.05) is 17.8 Å². The van der Waals surface area contributed by atoms with E-state index in [9.17, 15) is 19.5 Å². The second-order valence-electron chi connectivity index (χ2n) is 11.4. The SMILES string of the molecule is CC1=CC(C(C)=Cc2csc(C)n2)CNC(=O)C[C@H](O)C(C)(C)C(=O)[C@H](C)[C@@H](OC(=O)OCC(Cl)(Cl)Cl)[C@@H](C)C/C=C/1. The maximum atomic E-state index is 13.7. The molecule has 0 bridgehead atoms. The number of Topliss-reactive ketones (excluding diaryl/α,β-unsaturated/α-hetero) is 1. The molecule has 1 aliphatic rings. The summed E-state index contributed by atoms with van der Waals surface area (Å²) < 4.78 is 8.72. The summed E-state index contributed by atoms with van der Waals surface area (Å²) >= 11 is 18.6. The molecule has 1 aromatic rings. The number of amides is 1. The van der Waals surface area contributed by atoms with E-state index in [-0.39, 0.29) is 29.9 Å². The largest absolute Gasteiger partial charge is 0.508 e. The zero-order valence-electron chi connectivity index (χ0n) is 25.1. The van der Waals surface area contributed by atoms with Gasteiger partial charge in [-0.05, 0) is 39.2 Å². The van der Waals surface area contributed by atoms with Crippen molar-refractivity contribution in [3.8, 4) is 0 Å². The Morgan fingerprint density at radius 1 is 1.26 bits per heavy atom. The van der Waals surface area contributed by atoms with Crippen LogP contribution >= 0.6 is 46.1 Å². The van der Waals surface area contributed by atoms with Gasteiger partial charge in [-0.3, -0.25) is 9.59 Å². The maximum absolute atomic E-state index is 13.7. The van der Waals surface area contributed by atoms with Crippen molar-refractivity contribution in [3.63, 3.8) is 0 Å².